The lowest BCUT2D eigenvalue weighted by atomic mass is 10.2. The fraction of sp³-hybridized carbons (Fsp3) is 0.409. The summed E-state index contributed by atoms with van der Waals surface area (Å²) in [5, 5.41) is 7.71. The van der Waals surface area contributed by atoms with Crippen LogP contribution in [0.5, 0.6) is 5.75 Å². The third-order valence-electron chi connectivity index (χ3n) is 4.88. The molecular formula is C22H27N5O2S2. The van der Waals surface area contributed by atoms with Crippen LogP contribution >= 0.6 is 23.1 Å². The summed E-state index contributed by atoms with van der Waals surface area (Å²) in [4.78, 5) is 25.1. The van der Waals surface area contributed by atoms with Crippen molar-refractivity contribution < 1.29 is 9.53 Å². The first-order valence-corrected chi connectivity index (χ1v) is 12.0. The zero-order chi connectivity index (χ0) is 21.8. The predicted molar refractivity (Wildman–Crippen MR) is 129 cm³/mol. The topological polar surface area (TPSA) is 78.8 Å². The summed E-state index contributed by atoms with van der Waals surface area (Å²) in [6.07, 6.45) is 6.28. The number of amidine groups is 1. The lowest BCUT2D eigenvalue weighted by Crippen LogP contribution is -2.19. The van der Waals surface area contributed by atoms with Crippen LogP contribution in [0.25, 0.3) is 6.08 Å². The minimum absolute atomic E-state index is 0.133. The molecule has 1 aromatic heterocycles. The first-order chi connectivity index (χ1) is 15.0. The molecule has 9 heteroatoms. The molecule has 0 atom stereocenters. The number of nitrogens with zero attached hydrogens (tertiary/aromatic N) is 3. The number of rotatable bonds is 9. The third-order valence-corrected chi connectivity index (χ3v) is 6.70. The van der Waals surface area contributed by atoms with E-state index in [1.165, 1.54) is 24.6 Å². The molecule has 0 radical (unpaired) electrons. The number of carbonyl (C=O) groups is 1. The highest BCUT2D eigenvalue weighted by atomic mass is 32.2. The summed E-state index contributed by atoms with van der Waals surface area (Å²) in [5.74, 6) is 1.48. The number of amides is 1. The van der Waals surface area contributed by atoms with Crippen molar-refractivity contribution in [2.75, 3.05) is 39.1 Å². The van der Waals surface area contributed by atoms with E-state index >= 15 is 0 Å². The van der Waals surface area contributed by atoms with Crippen molar-refractivity contribution in [2.45, 2.75) is 19.8 Å². The van der Waals surface area contributed by atoms with Gasteiger partial charge < -0.3 is 20.3 Å². The van der Waals surface area contributed by atoms with Gasteiger partial charge >= 0.3 is 0 Å². The number of likely N-dealkylation sites (N-methyl/N-ethyl adjacent to an activating group) is 1. The van der Waals surface area contributed by atoms with Crippen molar-refractivity contribution in [3.05, 3.63) is 39.7 Å². The highest BCUT2D eigenvalue weighted by Crippen LogP contribution is 2.33. The Morgan fingerprint density at radius 1 is 1.39 bits per heavy atom. The standard InChI is InChI=1S/C22H27N5O2S2/c1-14-10-16(29-9-8-27(2)3)6-7-18(14)25-22-26-20(28)19(31-22)11-17-13-24-21(30-17)23-12-15-4-5-15/h6-7,10-11,13,15H,4-5,8-9,12H2,1-3H3,(H,23,24)(H,25,26,28). The van der Waals surface area contributed by atoms with E-state index in [-0.39, 0.29) is 5.91 Å². The molecule has 1 amide bonds. The van der Waals surface area contributed by atoms with E-state index in [2.05, 4.69) is 25.5 Å². The fourth-order valence-corrected chi connectivity index (χ4v) is 4.56. The zero-order valence-electron chi connectivity index (χ0n) is 18.0. The van der Waals surface area contributed by atoms with E-state index in [1.807, 2.05) is 45.3 Å². The van der Waals surface area contributed by atoms with Crippen LogP contribution in [0.3, 0.4) is 0 Å². The fourth-order valence-electron chi connectivity index (χ4n) is 2.90. The highest BCUT2D eigenvalue weighted by Gasteiger charge is 2.25. The minimum atomic E-state index is -0.133. The molecule has 0 unspecified atom stereocenters. The van der Waals surface area contributed by atoms with Gasteiger partial charge in [0.1, 0.15) is 12.4 Å². The molecular weight excluding hydrogens is 430 g/mol. The van der Waals surface area contributed by atoms with Gasteiger partial charge in [0.25, 0.3) is 5.91 Å². The number of aryl methyl sites for hydroxylation is 1. The van der Waals surface area contributed by atoms with Crippen molar-refractivity contribution in [3.8, 4) is 5.75 Å². The Morgan fingerprint density at radius 2 is 2.23 bits per heavy atom. The van der Waals surface area contributed by atoms with Crippen LogP contribution in [0.2, 0.25) is 0 Å². The molecule has 164 valence electrons. The van der Waals surface area contributed by atoms with Crippen LogP contribution in [0, 0.1) is 12.8 Å². The van der Waals surface area contributed by atoms with Crippen molar-refractivity contribution >= 4 is 51.1 Å². The van der Waals surface area contributed by atoms with Crippen LogP contribution in [-0.2, 0) is 4.79 Å². The number of hydrogen-bond acceptors (Lipinski definition) is 8. The van der Waals surface area contributed by atoms with Crippen LogP contribution in [0.15, 0.2) is 34.3 Å². The Hall–Kier alpha value is -2.36. The molecule has 31 heavy (non-hydrogen) atoms. The number of thioether (sulfide) groups is 1. The summed E-state index contributed by atoms with van der Waals surface area (Å²) < 4.78 is 5.77. The van der Waals surface area contributed by atoms with Crippen LogP contribution in [0.1, 0.15) is 23.3 Å². The second-order valence-corrected chi connectivity index (χ2v) is 10.1. The van der Waals surface area contributed by atoms with Gasteiger partial charge in [-0.15, -0.1) is 0 Å². The molecule has 1 aliphatic heterocycles. The van der Waals surface area contributed by atoms with Gasteiger partial charge in [-0.3, -0.25) is 4.79 Å². The number of hydrogen-bond donors (Lipinski definition) is 2. The average Bonchev–Trinajstić information content (AvgIpc) is 3.35. The molecule has 1 aliphatic carbocycles. The van der Waals surface area contributed by atoms with Gasteiger partial charge in [-0.25, -0.2) is 9.98 Å². The Bertz CT molecular complexity index is 1010. The molecule has 4 rings (SSSR count). The Labute approximate surface area is 191 Å². The molecule has 1 saturated carbocycles. The van der Waals surface area contributed by atoms with Crippen molar-refractivity contribution in [3.63, 3.8) is 0 Å². The summed E-state index contributed by atoms with van der Waals surface area (Å²) in [7, 11) is 4.04. The SMILES string of the molecule is Cc1cc(OCCN(C)C)ccc1N=C1NC(=O)C(=Cc2cnc(NCC3CC3)s2)S1. The number of nitrogens with one attached hydrogen (secondary N) is 2. The lowest BCUT2D eigenvalue weighted by Gasteiger charge is -2.12. The normalized spacial score (nSPS) is 18.8. The molecule has 2 heterocycles. The van der Waals surface area contributed by atoms with Gasteiger partial charge in [0.05, 0.1) is 15.5 Å². The maximum absolute atomic E-state index is 12.4. The first kappa shape index (κ1) is 21.9. The molecule has 2 aromatic rings. The largest absolute Gasteiger partial charge is 0.492 e. The monoisotopic (exact) mass is 457 g/mol. The molecule has 1 saturated heterocycles. The summed E-state index contributed by atoms with van der Waals surface area (Å²) in [6, 6.07) is 5.80. The Balaban J connectivity index is 1.38. The minimum Gasteiger partial charge on any atom is -0.492 e. The molecule has 2 N–H and O–H groups in total. The highest BCUT2D eigenvalue weighted by molar-refractivity contribution is 8.18. The second kappa shape index (κ2) is 9.84. The van der Waals surface area contributed by atoms with E-state index in [4.69, 9.17) is 4.74 Å². The maximum atomic E-state index is 12.4. The smallest absolute Gasteiger partial charge is 0.264 e. The van der Waals surface area contributed by atoms with Crippen molar-refractivity contribution in [2.24, 2.45) is 10.9 Å². The molecule has 0 spiro atoms. The van der Waals surface area contributed by atoms with Crippen LogP contribution in [0.4, 0.5) is 10.8 Å². The van der Waals surface area contributed by atoms with Gasteiger partial charge in [0.2, 0.25) is 0 Å². The van der Waals surface area contributed by atoms with E-state index in [1.54, 1.807) is 17.5 Å². The Kier molecular flexibility index (Phi) is 6.94. The van der Waals surface area contributed by atoms with Crippen molar-refractivity contribution in [1.29, 1.82) is 0 Å². The molecule has 0 bridgehead atoms. The lowest BCUT2D eigenvalue weighted by molar-refractivity contribution is -0.115. The summed E-state index contributed by atoms with van der Waals surface area (Å²) >= 11 is 2.91. The molecule has 2 aliphatic rings. The summed E-state index contributed by atoms with van der Waals surface area (Å²) in [5.41, 5.74) is 1.81. The zero-order valence-corrected chi connectivity index (χ0v) is 19.6. The van der Waals surface area contributed by atoms with E-state index in [9.17, 15) is 4.79 Å². The number of anilines is 1. The number of ether oxygens (including phenoxy) is 1. The number of aliphatic imine (C=N–C) groups is 1. The van der Waals surface area contributed by atoms with E-state index in [0.717, 1.165) is 46.0 Å². The quantitative estimate of drug-likeness (QED) is 0.552. The molecule has 7 nitrogen and oxygen atoms in total. The van der Waals surface area contributed by atoms with Gasteiger partial charge in [-0.1, -0.05) is 11.3 Å². The van der Waals surface area contributed by atoms with Crippen LogP contribution in [-0.4, -0.2) is 54.8 Å². The molecule has 1 aromatic carbocycles. The molecule has 2 fully saturated rings. The van der Waals surface area contributed by atoms with Crippen molar-refractivity contribution in [1.82, 2.24) is 15.2 Å². The predicted octanol–water partition coefficient (Wildman–Crippen LogP) is 4.11. The average molecular weight is 458 g/mol. The number of benzene rings is 1. The van der Waals surface area contributed by atoms with Crippen LogP contribution < -0.4 is 15.4 Å². The van der Waals surface area contributed by atoms with E-state index in [0.29, 0.717) is 16.7 Å². The Morgan fingerprint density at radius 3 is 2.97 bits per heavy atom. The number of thiazole rings is 1. The second-order valence-electron chi connectivity index (χ2n) is 7.97. The van der Waals surface area contributed by atoms with Gasteiger partial charge in [-0.2, -0.15) is 0 Å². The van der Waals surface area contributed by atoms with Gasteiger partial charge in [-0.05, 0) is 81.4 Å². The van der Waals surface area contributed by atoms with E-state index < -0.39 is 0 Å². The first-order valence-electron chi connectivity index (χ1n) is 10.3. The summed E-state index contributed by atoms with van der Waals surface area (Å²) in [6.45, 7) is 4.47. The number of aromatic nitrogens is 1. The van der Waals surface area contributed by atoms with Gasteiger partial charge in [0.15, 0.2) is 10.3 Å². The maximum Gasteiger partial charge on any atom is 0.264 e. The number of carbonyl (C=O) groups excluding carboxylic acids is 1. The van der Waals surface area contributed by atoms with Gasteiger partial charge in [0, 0.05) is 19.3 Å². The third kappa shape index (κ3) is 6.32.